The van der Waals surface area contributed by atoms with Crippen LogP contribution in [0, 0.1) is 0 Å². The van der Waals surface area contributed by atoms with E-state index in [0.29, 0.717) is 5.73 Å². The molecule has 1 saturated heterocycles. The molecule has 3 heteroatoms. The maximum absolute atomic E-state index is 6.02. The standard InChI is InChI=1S/C7H17NOSi/c1-10(2,8)7-5-3-4-6-9-7/h7H,3-6,8H2,1-2H3. The van der Waals surface area contributed by atoms with Gasteiger partial charge in [0.25, 0.3) is 0 Å². The van der Waals surface area contributed by atoms with Crippen LogP contribution < -0.4 is 5.40 Å². The summed E-state index contributed by atoms with van der Waals surface area (Å²) in [6, 6.07) is 0. The van der Waals surface area contributed by atoms with Crippen LogP contribution in [0.4, 0.5) is 0 Å². The van der Waals surface area contributed by atoms with E-state index < -0.39 is 8.24 Å². The average molecular weight is 159 g/mol. The summed E-state index contributed by atoms with van der Waals surface area (Å²) in [6.45, 7) is 5.27. The molecular weight excluding hydrogens is 142 g/mol. The first-order valence-corrected chi connectivity index (χ1v) is 7.16. The Bertz CT molecular complexity index is 105. The van der Waals surface area contributed by atoms with Crippen LogP contribution in [0.25, 0.3) is 0 Å². The van der Waals surface area contributed by atoms with Crippen LogP contribution in [0.2, 0.25) is 13.1 Å². The lowest BCUT2D eigenvalue weighted by molar-refractivity contribution is 0.0598. The van der Waals surface area contributed by atoms with Crippen LogP contribution in [-0.4, -0.2) is 20.6 Å². The molecule has 1 aliphatic rings. The molecule has 0 aromatic rings. The molecule has 1 rings (SSSR count). The van der Waals surface area contributed by atoms with Gasteiger partial charge in [-0.05, 0) is 19.3 Å². The van der Waals surface area contributed by atoms with Gasteiger partial charge in [0.15, 0.2) is 0 Å². The summed E-state index contributed by atoms with van der Waals surface area (Å²) >= 11 is 0. The van der Waals surface area contributed by atoms with Gasteiger partial charge >= 0.3 is 0 Å². The largest absolute Gasteiger partial charge is 0.380 e. The molecule has 1 aliphatic heterocycles. The fraction of sp³-hybridized carbons (Fsp3) is 1.00. The minimum atomic E-state index is -1.48. The molecule has 2 nitrogen and oxygen atoms in total. The highest BCUT2D eigenvalue weighted by Gasteiger charge is 2.29. The Morgan fingerprint density at radius 3 is 2.40 bits per heavy atom. The minimum absolute atomic E-state index is 0.418. The van der Waals surface area contributed by atoms with Gasteiger partial charge in [-0.25, -0.2) is 0 Å². The average Bonchev–Trinajstić information content (AvgIpc) is 1.88. The maximum atomic E-state index is 6.02. The smallest absolute Gasteiger partial charge is 0.147 e. The summed E-state index contributed by atoms with van der Waals surface area (Å²) in [5.41, 5.74) is 0.418. The molecule has 0 amide bonds. The maximum Gasteiger partial charge on any atom is 0.147 e. The van der Waals surface area contributed by atoms with E-state index in [1.165, 1.54) is 19.3 Å². The van der Waals surface area contributed by atoms with Crippen molar-refractivity contribution >= 4 is 8.24 Å². The zero-order valence-electron chi connectivity index (χ0n) is 6.89. The second-order valence-corrected chi connectivity index (χ2v) is 7.96. The van der Waals surface area contributed by atoms with E-state index in [-0.39, 0.29) is 0 Å². The van der Waals surface area contributed by atoms with E-state index >= 15 is 0 Å². The third kappa shape index (κ3) is 2.07. The van der Waals surface area contributed by atoms with Crippen molar-refractivity contribution in [1.82, 2.24) is 0 Å². The Morgan fingerprint density at radius 1 is 1.40 bits per heavy atom. The van der Waals surface area contributed by atoms with Crippen molar-refractivity contribution in [2.45, 2.75) is 38.1 Å². The topological polar surface area (TPSA) is 35.2 Å². The molecule has 0 spiro atoms. The molecule has 60 valence electrons. The van der Waals surface area contributed by atoms with E-state index in [4.69, 9.17) is 10.1 Å². The predicted molar refractivity (Wildman–Crippen MR) is 45.3 cm³/mol. The van der Waals surface area contributed by atoms with Crippen molar-refractivity contribution in [2.24, 2.45) is 5.40 Å². The number of hydrogen-bond donors (Lipinski definition) is 1. The van der Waals surface area contributed by atoms with Crippen LogP contribution in [0.15, 0.2) is 0 Å². The minimum Gasteiger partial charge on any atom is -0.380 e. The molecule has 1 heterocycles. The SMILES string of the molecule is C[Si](C)(N)C1CCCCO1. The van der Waals surface area contributed by atoms with Crippen molar-refractivity contribution in [3.8, 4) is 0 Å². The number of nitrogens with two attached hydrogens (primary N) is 1. The normalized spacial score (nSPS) is 28.5. The zero-order valence-corrected chi connectivity index (χ0v) is 7.89. The summed E-state index contributed by atoms with van der Waals surface area (Å²) in [4.78, 5) is 0. The van der Waals surface area contributed by atoms with Crippen molar-refractivity contribution < 1.29 is 4.74 Å². The first kappa shape index (κ1) is 8.24. The molecule has 1 unspecified atom stereocenters. The van der Waals surface area contributed by atoms with Gasteiger partial charge in [0.2, 0.25) is 0 Å². The molecule has 0 saturated carbocycles. The summed E-state index contributed by atoms with van der Waals surface area (Å²) in [5.74, 6) is 0. The van der Waals surface area contributed by atoms with Crippen molar-refractivity contribution in [3.63, 3.8) is 0 Å². The fourth-order valence-corrected chi connectivity index (χ4v) is 2.82. The first-order valence-electron chi connectivity index (χ1n) is 4.01. The van der Waals surface area contributed by atoms with Crippen LogP contribution in [0.1, 0.15) is 19.3 Å². The van der Waals surface area contributed by atoms with E-state index in [9.17, 15) is 0 Å². The van der Waals surface area contributed by atoms with Crippen LogP contribution in [0.5, 0.6) is 0 Å². The van der Waals surface area contributed by atoms with E-state index in [1.807, 2.05) is 0 Å². The van der Waals surface area contributed by atoms with Crippen LogP contribution in [-0.2, 0) is 4.74 Å². The zero-order chi connectivity index (χ0) is 7.61. The number of ether oxygens (including phenoxy) is 1. The summed E-state index contributed by atoms with van der Waals surface area (Å²) < 4.78 is 5.58. The van der Waals surface area contributed by atoms with E-state index in [0.717, 1.165) is 6.61 Å². The monoisotopic (exact) mass is 159 g/mol. The molecule has 0 bridgehead atoms. The summed E-state index contributed by atoms with van der Waals surface area (Å²) in [6.07, 6.45) is 3.72. The van der Waals surface area contributed by atoms with Gasteiger partial charge in [-0.15, -0.1) is 0 Å². The molecule has 10 heavy (non-hydrogen) atoms. The molecule has 0 aromatic heterocycles. The van der Waals surface area contributed by atoms with Crippen molar-refractivity contribution in [2.75, 3.05) is 6.61 Å². The van der Waals surface area contributed by atoms with Gasteiger partial charge in [0, 0.05) is 6.61 Å². The Balaban J connectivity index is 2.39. The highest BCUT2D eigenvalue weighted by molar-refractivity contribution is 6.75. The fourth-order valence-electron chi connectivity index (χ4n) is 1.33. The van der Waals surface area contributed by atoms with Crippen molar-refractivity contribution in [1.29, 1.82) is 0 Å². The predicted octanol–water partition coefficient (Wildman–Crippen LogP) is 1.26. The van der Waals surface area contributed by atoms with E-state index in [2.05, 4.69) is 13.1 Å². The highest BCUT2D eigenvalue weighted by Crippen LogP contribution is 2.18. The molecular formula is C7H17NOSi. The number of hydrogen-bond acceptors (Lipinski definition) is 2. The van der Waals surface area contributed by atoms with Gasteiger partial charge in [-0.2, -0.15) is 0 Å². The molecule has 2 N–H and O–H groups in total. The third-order valence-electron chi connectivity index (χ3n) is 2.01. The van der Waals surface area contributed by atoms with Crippen LogP contribution >= 0.6 is 0 Å². The van der Waals surface area contributed by atoms with E-state index in [1.54, 1.807) is 0 Å². The number of rotatable bonds is 1. The molecule has 1 atom stereocenters. The Labute approximate surface area is 63.8 Å². The summed E-state index contributed by atoms with van der Waals surface area (Å²) in [5, 5.41) is 6.02. The lowest BCUT2D eigenvalue weighted by Gasteiger charge is -2.31. The summed E-state index contributed by atoms with van der Waals surface area (Å²) in [7, 11) is -1.48. The van der Waals surface area contributed by atoms with Crippen molar-refractivity contribution in [3.05, 3.63) is 0 Å². The molecule has 1 fully saturated rings. The second-order valence-electron chi connectivity index (χ2n) is 3.68. The highest BCUT2D eigenvalue weighted by atomic mass is 28.3. The molecule has 0 aromatic carbocycles. The van der Waals surface area contributed by atoms with Gasteiger partial charge < -0.3 is 10.1 Å². The molecule has 0 aliphatic carbocycles. The van der Waals surface area contributed by atoms with Gasteiger partial charge in [-0.1, -0.05) is 13.1 Å². The Hall–Kier alpha value is 0.137. The Morgan fingerprint density at radius 2 is 2.10 bits per heavy atom. The lowest BCUT2D eigenvalue weighted by Crippen LogP contribution is -2.53. The van der Waals surface area contributed by atoms with Gasteiger partial charge in [0.1, 0.15) is 8.24 Å². The van der Waals surface area contributed by atoms with Crippen LogP contribution in [0.3, 0.4) is 0 Å². The first-order chi connectivity index (χ1) is 4.61. The second kappa shape index (κ2) is 3.03. The molecule has 0 radical (unpaired) electrons. The van der Waals surface area contributed by atoms with Gasteiger partial charge in [0.05, 0.1) is 5.73 Å². The third-order valence-corrected chi connectivity index (χ3v) is 4.12. The Kier molecular flexibility index (Phi) is 2.49. The lowest BCUT2D eigenvalue weighted by atomic mass is 10.2. The quantitative estimate of drug-likeness (QED) is 0.585. The van der Waals surface area contributed by atoms with Gasteiger partial charge in [-0.3, -0.25) is 0 Å².